The number of pyridine rings is 1. The first-order valence-corrected chi connectivity index (χ1v) is 7.43. The number of carboxylic acid groups (broad SMARTS) is 1. The van der Waals surface area contributed by atoms with Gasteiger partial charge in [0.15, 0.2) is 23.0 Å². The molecule has 0 saturated carbocycles. The monoisotopic (exact) mass is 366 g/mol. The molecule has 0 saturated heterocycles. The third-order valence-corrected chi connectivity index (χ3v) is 3.64. The lowest BCUT2D eigenvalue weighted by Crippen LogP contribution is -2.07. The van der Waals surface area contributed by atoms with Gasteiger partial charge in [-0.05, 0) is 37.6 Å². The van der Waals surface area contributed by atoms with Gasteiger partial charge in [-0.2, -0.15) is 0 Å². The molecule has 9 heteroatoms. The van der Waals surface area contributed by atoms with Crippen molar-refractivity contribution < 1.29 is 32.5 Å². The van der Waals surface area contributed by atoms with Crippen LogP contribution in [0.5, 0.6) is 11.6 Å². The van der Waals surface area contributed by atoms with E-state index in [1.165, 1.54) is 11.3 Å². The van der Waals surface area contributed by atoms with Gasteiger partial charge in [0.05, 0.1) is 5.56 Å². The number of rotatable bonds is 4. The lowest BCUT2D eigenvalue weighted by Gasteiger charge is -2.11. The Labute approximate surface area is 145 Å². The molecule has 2 heterocycles. The van der Waals surface area contributed by atoms with Crippen molar-refractivity contribution in [2.45, 2.75) is 20.5 Å². The second-order valence-electron chi connectivity index (χ2n) is 5.56. The Morgan fingerprint density at radius 3 is 2.62 bits per heavy atom. The van der Waals surface area contributed by atoms with E-state index in [2.05, 4.69) is 4.98 Å². The summed E-state index contributed by atoms with van der Waals surface area (Å²) in [6, 6.07) is 3.05. The predicted molar refractivity (Wildman–Crippen MR) is 84.0 cm³/mol. The molecular weight excluding hydrogens is 353 g/mol. The van der Waals surface area contributed by atoms with Crippen LogP contribution >= 0.6 is 0 Å². The van der Waals surface area contributed by atoms with Crippen LogP contribution in [0.25, 0.3) is 5.65 Å². The Bertz CT molecular complexity index is 1020. The van der Waals surface area contributed by atoms with E-state index >= 15 is 0 Å². The number of hydrogen-bond donors (Lipinski definition) is 1. The summed E-state index contributed by atoms with van der Waals surface area (Å²) in [5.41, 5.74) is 0.572. The highest BCUT2D eigenvalue weighted by Gasteiger charge is 2.19. The van der Waals surface area contributed by atoms with E-state index in [-0.39, 0.29) is 23.0 Å². The van der Waals surface area contributed by atoms with Gasteiger partial charge in [0.25, 0.3) is 0 Å². The normalized spacial score (nSPS) is 11.0. The van der Waals surface area contributed by atoms with Crippen LogP contribution in [0.4, 0.5) is 18.0 Å². The van der Waals surface area contributed by atoms with Crippen LogP contribution in [-0.2, 0) is 6.61 Å². The first-order valence-electron chi connectivity index (χ1n) is 7.43. The maximum Gasteiger partial charge on any atom is 0.512 e. The van der Waals surface area contributed by atoms with Gasteiger partial charge in [-0.15, -0.1) is 0 Å². The van der Waals surface area contributed by atoms with E-state index < -0.39 is 35.8 Å². The zero-order valence-electron chi connectivity index (χ0n) is 13.7. The third-order valence-electron chi connectivity index (χ3n) is 3.64. The molecule has 3 aromatic rings. The molecule has 0 aliphatic carbocycles. The molecule has 0 amide bonds. The fourth-order valence-corrected chi connectivity index (χ4v) is 2.50. The van der Waals surface area contributed by atoms with E-state index in [4.69, 9.17) is 14.6 Å². The smallest absolute Gasteiger partial charge is 0.485 e. The standard InChI is InChI=1S/C17H13F3N2O4/c1-8-5-13(25-7-10-11(18)3-4-12(19)14(10)20)15-21-9(2)16(22(15)6-8)26-17(23)24/h3-6H,7H2,1-2H3,(H,23,24). The number of benzene rings is 1. The van der Waals surface area contributed by atoms with Gasteiger partial charge in [0.1, 0.15) is 18.1 Å². The Morgan fingerprint density at radius 2 is 1.92 bits per heavy atom. The number of ether oxygens (including phenoxy) is 2. The van der Waals surface area contributed by atoms with Gasteiger partial charge < -0.3 is 14.6 Å². The zero-order valence-corrected chi connectivity index (χ0v) is 13.7. The largest absolute Gasteiger partial charge is 0.512 e. The molecule has 0 radical (unpaired) electrons. The van der Waals surface area contributed by atoms with Gasteiger partial charge in [-0.1, -0.05) is 0 Å². The fraction of sp³-hybridized carbons (Fsp3) is 0.176. The maximum absolute atomic E-state index is 13.8. The molecule has 0 fully saturated rings. The molecule has 1 N–H and O–H groups in total. The second kappa shape index (κ2) is 6.58. The quantitative estimate of drug-likeness (QED) is 0.558. The SMILES string of the molecule is Cc1cc(OCc2c(F)ccc(F)c2F)c2nc(C)c(OC(=O)O)n2c1. The Hall–Kier alpha value is -3.23. The van der Waals surface area contributed by atoms with Gasteiger partial charge in [0.2, 0.25) is 5.88 Å². The number of aromatic nitrogens is 2. The van der Waals surface area contributed by atoms with Gasteiger partial charge in [-0.3, -0.25) is 4.40 Å². The topological polar surface area (TPSA) is 73.1 Å². The maximum atomic E-state index is 13.8. The van der Waals surface area contributed by atoms with Crippen molar-refractivity contribution >= 4 is 11.8 Å². The van der Waals surface area contributed by atoms with Crippen LogP contribution < -0.4 is 9.47 Å². The molecule has 0 aliphatic rings. The third kappa shape index (κ3) is 3.15. The Balaban J connectivity index is 2.01. The molecule has 0 spiro atoms. The average molecular weight is 366 g/mol. The van der Waals surface area contributed by atoms with Crippen LogP contribution in [0.3, 0.4) is 0 Å². The molecule has 6 nitrogen and oxygen atoms in total. The molecule has 0 atom stereocenters. The van der Waals surface area contributed by atoms with E-state index in [9.17, 15) is 18.0 Å². The van der Waals surface area contributed by atoms with Crippen molar-refractivity contribution in [3.05, 3.63) is 58.7 Å². The zero-order chi connectivity index (χ0) is 19.0. The molecule has 136 valence electrons. The van der Waals surface area contributed by atoms with Crippen molar-refractivity contribution in [2.75, 3.05) is 0 Å². The lowest BCUT2D eigenvalue weighted by atomic mass is 10.2. The number of halogens is 3. The summed E-state index contributed by atoms with van der Waals surface area (Å²) in [6.45, 7) is 2.67. The van der Waals surface area contributed by atoms with Crippen molar-refractivity contribution in [3.63, 3.8) is 0 Å². The summed E-state index contributed by atoms with van der Waals surface area (Å²) in [6.07, 6.45) is 0.0619. The van der Waals surface area contributed by atoms with E-state index in [0.717, 1.165) is 6.07 Å². The van der Waals surface area contributed by atoms with Crippen molar-refractivity contribution in [1.82, 2.24) is 9.38 Å². The minimum atomic E-state index is -1.51. The number of fused-ring (bicyclic) bond motifs is 1. The van der Waals surface area contributed by atoms with Crippen molar-refractivity contribution in [3.8, 4) is 11.6 Å². The van der Waals surface area contributed by atoms with E-state index in [1.54, 1.807) is 19.2 Å². The summed E-state index contributed by atoms with van der Waals surface area (Å²) in [7, 11) is 0. The summed E-state index contributed by atoms with van der Waals surface area (Å²) < 4.78 is 52.3. The minimum Gasteiger partial charge on any atom is -0.485 e. The number of carbonyl (C=O) groups is 1. The highest BCUT2D eigenvalue weighted by Crippen LogP contribution is 2.29. The van der Waals surface area contributed by atoms with Crippen LogP contribution in [-0.4, -0.2) is 20.6 Å². The molecule has 3 rings (SSSR count). The number of aryl methyl sites for hydroxylation is 2. The van der Waals surface area contributed by atoms with Gasteiger partial charge in [0, 0.05) is 6.20 Å². The molecule has 2 aromatic heterocycles. The van der Waals surface area contributed by atoms with Gasteiger partial charge in [-0.25, -0.2) is 22.9 Å². The first-order chi connectivity index (χ1) is 12.3. The van der Waals surface area contributed by atoms with Crippen LogP contribution in [0.1, 0.15) is 16.8 Å². The van der Waals surface area contributed by atoms with E-state index in [0.29, 0.717) is 11.6 Å². The first kappa shape index (κ1) is 17.6. The summed E-state index contributed by atoms with van der Waals surface area (Å²) in [5, 5.41) is 8.83. The highest BCUT2D eigenvalue weighted by molar-refractivity contribution is 5.64. The number of nitrogens with zero attached hydrogens (tertiary/aromatic N) is 2. The summed E-state index contributed by atoms with van der Waals surface area (Å²) >= 11 is 0. The molecule has 0 unspecified atom stereocenters. The molecule has 0 aliphatic heterocycles. The van der Waals surface area contributed by atoms with Crippen LogP contribution in [0.2, 0.25) is 0 Å². The fourth-order valence-electron chi connectivity index (χ4n) is 2.50. The second-order valence-corrected chi connectivity index (χ2v) is 5.56. The Kier molecular flexibility index (Phi) is 4.45. The van der Waals surface area contributed by atoms with Crippen molar-refractivity contribution in [1.29, 1.82) is 0 Å². The lowest BCUT2D eigenvalue weighted by molar-refractivity contribution is 0.141. The predicted octanol–water partition coefficient (Wildman–Crippen LogP) is 4.00. The van der Waals surface area contributed by atoms with Crippen molar-refractivity contribution in [2.24, 2.45) is 0 Å². The molecule has 26 heavy (non-hydrogen) atoms. The molecule has 0 bridgehead atoms. The van der Waals surface area contributed by atoms with Crippen LogP contribution in [0.15, 0.2) is 24.4 Å². The Morgan fingerprint density at radius 1 is 1.23 bits per heavy atom. The summed E-state index contributed by atoms with van der Waals surface area (Å²) in [4.78, 5) is 15.0. The average Bonchev–Trinajstić information content (AvgIpc) is 2.87. The van der Waals surface area contributed by atoms with E-state index in [1.807, 2.05) is 0 Å². The molecule has 1 aromatic carbocycles. The molecular formula is C17H13F3N2O4. The number of imidazole rings is 1. The van der Waals surface area contributed by atoms with Gasteiger partial charge >= 0.3 is 6.16 Å². The minimum absolute atomic E-state index is 0.0239. The highest BCUT2D eigenvalue weighted by atomic mass is 19.2. The summed E-state index contributed by atoms with van der Waals surface area (Å²) in [5.74, 6) is -3.35. The van der Waals surface area contributed by atoms with Crippen LogP contribution in [0, 0.1) is 31.3 Å². The number of hydrogen-bond acceptors (Lipinski definition) is 4.